The van der Waals surface area contributed by atoms with Gasteiger partial charge in [0.25, 0.3) is 0 Å². The van der Waals surface area contributed by atoms with E-state index in [-0.39, 0.29) is 12.5 Å². The van der Waals surface area contributed by atoms with Gasteiger partial charge in [0.1, 0.15) is 5.75 Å². The summed E-state index contributed by atoms with van der Waals surface area (Å²) in [6.07, 6.45) is -0.837. The molecule has 21 heavy (non-hydrogen) atoms. The van der Waals surface area contributed by atoms with Crippen LogP contribution in [0.3, 0.4) is 0 Å². The molecule has 0 bridgehead atoms. The summed E-state index contributed by atoms with van der Waals surface area (Å²) in [6.45, 7) is 0.264. The maximum atomic E-state index is 10.7. The number of aliphatic hydroxyl groups is 1. The lowest BCUT2D eigenvalue weighted by Gasteiger charge is -2.24. The molecule has 0 fully saturated rings. The molecule has 3 nitrogen and oxygen atoms in total. The van der Waals surface area contributed by atoms with Gasteiger partial charge in [-0.3, -0.25) is 0 Å². The van der Waals surface area contributed by atoms with Crippen LogP contribution in [0.4, 0.5) is 0 Å². The van der Waals surface area contributed by atoms with Crippen molar-refractivity contribution in [2.75, 3.05) is 13.7 Å². The monoisotopic (exact) mass is 325 g/mol. The van der Waals surface area contributed by atoms with E-state index in [0.717, 1.165) is 5.56 Å². The van der Waals surface area contributed by atoms with E-state index in [2.05, 4.69) is 0 Å². The van der Waals surface area contributed by atoms with E-state index in [1.54, 1.807) is 25.3 Å². The maximum Gasteiger partial charge on any atom is 0.122 e. The second-order valence-electron chi connectivity index (χ2n) is 4.69. The zero-order valence-corrected chi connectivity index (χ0v) is 13.1. The molecule has 0 aliphatic rings. The van der Waals surface area contributed by atoms with Crippen LogP contribution in [0.1, 0.15) is 23.1 Å². The third-order valence-electron chi connectivity index (χ3n) is 3.45. The summed E-state index contributed by atoms with van der Waals surface area (Å²) < 4.78 is 5.34. The molecule has 2 aromatic rings. The number of para-hydroxylation sites is 1. The van der Waals surface area contributed by atoms with Crippen molar-refractivity contribution in [2.24, 2.45) is 5.73 Å². The molecule has 0 amide bonds. The van der Waals surface area contributed by atoms with Gasteiger partial charge in [0.15, 0.2) is 0 Å². The normalized spacial score (nSPS) is 13.8. The zero-order chi connectivity index (χ0) is 15.4. The topological polar surface area (TPSA) is 55.5 Å². The van der Waals surface area contributed by atoms with Crippen LogP contribution in [0.15, 0.2) is 42.5 Å². The molecular formula is C16H17Cl2NO2. The van der Waals surface area contributed by atoms with Gasteiger partial charge in [-0.2, -0.15) is 0 Å². The molecule has 0 aromatic heterocycles. The first-order chi connectivity index (χ1) is 10.1. The fourth-order valence-electron chi connectivity index (χ4n) is 2.36. The molecule has 0 radical (unpaired) electrons. The summed E-state index contributed by atoms with van der Waals surface area (Å²) in [5.41, 5.74) is 7.31. The molecule has 0 spiro atoms. The first-order valence-electron chi connectivity index (χ1n) is 6.54. The fraction of sp³-hybridized carbons (Fsp3) is 0.250. The first-order valence-corrected chi connectivity index (χ1v) is 7.30. The molecule has 2 rings (SSSR count). The quantitative estimate of drug-likeness (QED) is 0.879. The van der Waals surface area contributed by atoms with Crippen LogP contribution in [-0.2, 0) is 0 Å². The number of aliphatic hydroxyl groups excluding tert-OH is 1. The molecule has 5 heteroatoms. The highest BCUT2D eigenvalue weighted by Crippen LogP contribution is 2.38. The van der Waals surface area contributed by atoms with E-state index < -0.39 is 6.10 Å². The van der Waals surface area contributed by atoms with Gasteiger partial charge in [-0.15, -0.1) is 0 Å². The molecule has 0 heterocycles. The van der Waals surface area contributed by atoms with E-state index in [4.69, 9.17) is 33.7 Å². The Balaban J connectivity index is 2.40. The Morgan fingerprint density at radius 3 is 2.48 bits per heavy atom. The number of benzene rings is 2. The van der Waals surface area contributed by atoms with Gasteiger partial charge in [-0.1, -0.05) is 47.5 Å². The number of methoxy groups -OCH3 is 1. The van der Waals surface area contributed by atoms with Crippen LogP contribution in [0.2, 0.25) is 10.0 Å². The second-order valence-corrected chi connectivity index (χ2v) is 5.54. The van der Waals surface area contributed by atoms with Crippen molar-refractivity contribution in [1.82, 2.24) is 0 Å². The summed E-state index contributed by atoms with van der Waals surface area (Å²) in [5.74, 6) is 0.372. The van der Waals surface area contributed by atoms with Gasteiger partial charge in [0.05, 0.1) is 13.2 Å². The third kappa shape index (κ3) is 3.50. The minimum absolute atomic E-state index is 0.264. The molecule has 112 valence electrons. The van der Waals surface area contributed by atoms with Crippen molar-refractivity contribution in [2.45, 2.75) is 12.0 Å². The van der Waals surface area contributed by atoms with Crippen molar-refractivity contribution in [3.63, 3.8) is 0 Å². The highest BCUT2D eigenvalue weighted by Gasteiger charge is 2.25. The minimum atomic E-state index is -0.837. The van der Waals surface area contributed by atoms with Gasteiger partial charge < -0.3 is 15.6 Å². The Morgan fingerprint density at radius 2 is 1.86 bits per heavy atom. The van der Waals surface area contributed by atoms with Crippen molar-refractivity contribution in [1.29, 1.82) is 0 Å². The predicted octanol–water partition coefficient (Wildman–Crippen LogP) is 3.78. The van der Waals surface area contributed by atoms with Gasteiger partial charge >= 0.3 is 0 Å². The van der Waals surface area contributed by atoms with Crippen molar-refractivity contribution >= 4 is 23.2 Å². The summed E-state index contributed by atoms with van der Waals surface area (Å²) in [4.78, 5) is 0. The van der Waals surface area contributed by atoms with Gasteiger partial charge in [-0.25, -0.2) is 0 Å². The Kier molecular flexibility index (Phi) is 5.48. The van der Waals surface area contributed by atoms with E-state index in [0.29, 0.717) is 21.4 Å². The lowest BCUT2D eigenvalue weighted by Crippen LogP contribution is -2.21. The van der Waals surface area contributed by atoms with E-state index >= 15 is 0 Å². The molecular weight excluding hydrogens is 309 g/mol. The third-order valence-corrected chi connectivity index (χ3v) is 4.02. The summed E-state index contributed by atoms with van der Waals surface area (Å²) in [5, 5.41) is 11.6. The number of ether oxygens (including phenoxy) is 1. The lowest BCUT2D eigenvalue weighted by atomic mass is 9.88. The van der Waals surface area contributed by atoms with Crippen LogP contribution in [-0.4, -0.2) is 18.8 Å². The highest BCUT2D eigenvalue weighted by molar-refractivity contribution is 6.35. The maximum absolute atomic E-state index is 10.7. The zero-order valence-electron chi connectivity index (χ0n) is 11.6. The highest BCUT2D eigenvalue weighted by atomic mass is 35.5. The molecule has 0 aliphatic heterocycles. The summed E-state index contributed by atoms with van der Waals surface area (Å²) >= 11 is 12.1. The fourth-order valence-corrected chi connectivity index (χ4v) is 2.88. The van der Waals surface area contributed by atoms with Crippen LogP contribution >= 0.6 is 23.2 Å². The van der Waals surface area contributed by atoms with Crippen molar-refractivity contribution < 1.29 is 9.84 Å². The second kappa shape index (κ2) is 7.14. The van der Waals surface area contributed by atoms with E-state index in [1.807, 2.05) is 24.3 Å². The van der Waals surface area contributed by atoms with Gasteiger partial charge in [0.2, 0.25) is 0 Å². The minimum Gasteiger partial charge on any atom is -0.496 e. The average Bonchev–Trinajstić information content (AvgIpc) is 2.48. The van der Waals surface area contributed by atoms with Crippen LogP contribution in [0.25, 0.3) is 0 Å². The van der Waals surface area contributed by atoms with Gasteiger partial charge in [-0.05, 0) is 23.8 Å². The molecule has 0 saturated heterocycles. The lowest BCUT2D eigenvalue weighted by molar-refractivity contribution is 0.146. The molecule has 0 aliphatic carbocycles. The number of hydrogen-bond donors (Lipinski definition) is 2. The Hall–Kier alpha value is -1.26. The number of halogens is 2. The van der Waals surface area contributed by atoms with Gasteiger partial charge in [0, 0.05) is 28.1 Å². The Bertz CT molecular complexity index is 619. The Morgan fingerprint density at radius 1 is 1.14 bits per heavy atom. The molecule has 2 aromatic carbocycles. The first kappa shape index (κ1) is 16.1. The average molecular weight is 326 g/mol. The molecule has 0 saturated carbocycles. The number of rotatable bonds is 5. The predicted molar refractivity (Wildman–Crippen MR) is 86.2 cm³/mol. The van der Waals surface area contributed by atoms with Crippen molar-refractivity contribution in [3.8, 4) is 5.75 Å². The van der Waals surface area contributed by atoms with Crippen LogP contribution < -0.4 is 10.5 Å². The van der Waals surface area contributed by atoms with Crippen LogP contribution in [0, 0.1) is 0 Å². The van der Waals surface area contributed by atoms with E-state index in [9.17, 15) is 5.11 Å². The Labute approximate surface area is 134 Å². The number of hydrogen-bond acceptors (Lipinski definition) is 3. The summed E-state index contributed by atoms with van der Waals surface area (Å²) in [7, 11) is 1.59. The van der Waals surface area contributed by atoms with E-state index in [1.165, 1.54) is 0 Å². The molecule has 3 N–H and O–H groups in total. The molecule has 2 atom stereocenters. The summed E-state index contributed by atoms with van der Waals surface area (Å²) in [6, 6.07) is 12.5. The van der Waals surface area contributed by atoms with Crippen LogP contribution in [0.5, 0.6) is 5.75 Å². The number of nitrogens with two attached hydrogens (primary N) is 1. The standard InChI is InChI=1S/C16H17Cl2NO2/c1-21-15-5-3-2-4-11(15)13(9-19)16(20)12-7-6-10(17)8-14(12)18/h2-8,13,16,20H,9,19H2,1H3. The SMILES string of the molecule is COc1ccccc1C(CN)C(O)c1ccc(Cl)cc1Cl. The van der Waals surface area contributed by atoms with Crippen molar-refractivity contribution in [3.05, 3.63) is 63.6 Å². The molecule has 2 unspecified atom stereocenters. The smallest absolute Gasteiger partial charge is 0.122 e. The largest absolute Gasteiger partial charge is 0.496 e.